The first-order valence-electron chi connectivity index (χ1n) is 9.46. The van der Waals surface area contributed by atoms with Crippen LogP contribution >= 0.6 is 0 Å². The average molecular weight is 345 g/mol. The number of nitrogen functional groups attached to an aromatic ring is 1. The first-order valence-corrected chi connectivity index (χ1v) is 9.46. The maximum absolute atomic E-state index is 12.2. The van der Waals surface area contributed by atoms with E-state index < -0.39 is 5.60 Å². The van der Waals surface area contributed by atoms with Gasteiger partial charge in [-0.25, -0.2) is 4.79 Å². The van der Waals surface area contributed by atoms with Crippen LogP contribution in [-0.2, 0) is 4.74 Å². The molecule has 5 heteroatoms. The van der Waals surface area contributed by atoms with Gasteiger partial charge in [0.15, 0.2) is 0 Å². The molecule has 2 aliphatic heterocycles. The van der Waals surface area contributed by atoms with Gasteiger partial charge < -0.3 is 20.3 Å². The van der Waals surface area contributed by atoms with Gasteiger partial charge in [-0.05, 0) is 70.1 Å². The highest BCUT2D eigenvalue weighted by molar-refractivity contribution is 5.69. The van der Waals surface area contributed by atoms with E-state index in [1.807, 2.05) is 25.7 Å². The van der Waals surface area contributed by atoms with Crippen molar-refractivity contribution in [2.24, 2.45) is 0 Å². The van der Waals surface area contributed by atoms with Crippen LogP contribution in [0.1, 0.15) is 57.9 Å². The van der Waals surface area contributed by atoms with Crippen molar-refractivity contribution in [3.8, 4) is 0 Å². The monoisotopic (exact) mass is 345 g/mol. The van der Waals surface area contributed by atoms with Crippen LogP contribution in [0.4, 0.5) is 16.2 Å². The Kier molecular flexibility index (Phi) is 5.11. The summed E-state index contributed by atoms with van der Waals surface area (Å²) in [5.74, 6) is 0.466. The fourth-order valence-corrected chi connectivity index (χ4v) is 3.79. The van der Waals surface area contributed by atoms with Crippen molar-refractivity contribution in [2.75, 3.05) is 36.8 Å². The summed E-state index contributed by atoms with van der Waals surface area (Å²) in [5, 5.41) is 0. The molecule has 0 radical (unpaired) electrons. The van der Waals surface area contributed by atoms with Crippen LogP contribution in [-0.4, -0.2) is 42.8 Å². The molecular formula is C20H31N3O2. The van der Waals surface area contributed by atoms with Crippen LogP contribution < -0.4 is 10.6 Å². The van der Waals surface area contributed by atoms with Crippen LogP contribution in [0.2, 0.25) is 0 Å². The molecule has 0 atom stereocenters. The summed E-state index contributed by atoms with van der Waals surface area (Å²) in [5.41, 5.74) is 9.24. The molecule has 2 fully saturated rings. The Hall–Kier alpha value is -1.91. The molecule has 0 aliphatic carbocycles. The van der Waals surface area contributed by atoms with Crippen molar-refractivity contribution < 1.29 is 9.53 Å². The van der Waals surface area contributed by atoms with Crippen molar-refractivity contribution >= 4 is 17.5 Å². The number of piperidine rings is 1. The number of ether oxygens (including phenoxy) is 1. The van der Waals surface area contributed by atoms with E-state index in [4.69, 9.17) is 10.5 Å². The molecule has 0 saturated carbocycles. The summed E-state index contributed by atoms with van der Waals surface area (Å²) < 4.78 is 5.47. The fraction of sp³-hybridized carbons (Fsp3) is 0.650. The highest BCUT2D eigenvalue weighted by atomic mass is 16.6. The van der Waals surface area contributed by atoms with Gasteiger partial charge in [0.25, 0.3) is 0 Å². The number of anilines is 2. The van der Waals surface area contributed by atoms with Gasteiger partial charge in [-0.1, -0.05) is 6.07 Å². The van der Waals surface area contributed by atoms with Crippen LogP contribution in [0.25, 0.3) is 0 Å². The zero-order chi connectivity index (χ0) is 18.0. The predicted molar refractivity (Wildman–Crippen MR) is 102 cm³/mol. The highest BCUT2D eigenvalue weighted by Crippen LogP contribution is 2.34. The lowest BCUT2D eigenvalue weighted by Crippen LogP contribution is -2.41. The van der Waals surface area contributed by atoms with E-state index in [1.165, 1.54) is 24.1 Å². The Labute approximate surface area is 151 Å². The molecular weight excluding hydrogens is 314 g/mol. The minimum Gasteiger partial charge on any atom is -0.444 e. The average Bonchev–Trinajstić information content (AvgIpc) is 3.07. The van der Waals surface area contributed by atoms with Crippen LogP contribution in [0, 0.1) is 0 Å². The molecule has 2 heterocycles. The van der Waals surface area contributed by atoms with E-state index in [1.54, 1.807) is 0 Å². The molecule has 5 nitrogen and oxygen atoms in total. The Morgan fingerprint density at radius 2 is 1.76 bits per heavy atom. The smallest absolute Gasteiger partial charge is 0.410 e. The maximum Gasteiger partial charge on any atom is 0.410 e. The van der Waals surface area contributed by atoms with E-state index in [9.17, 15) is 4.79 Å². The van der Waals surface area contributed by atoms with Crippen molar-refractivity contribution in [3.05, 3.63) is 23.8 Å². The second-order valence-electron chi connectivity index (χ2n) is 8.25. The van der Waals surface area contributed by atoms with Crippen molar-refractivity contribution in [3.63, 3.8) is 0 Å². The van der Waals surface area contributed by atoms with E-state index >= 15 is 0 Å². The number of rotatable bonds is 2. The van der Waals surface area contributed by atoms with E-state index in [0.29, 0.717) is 5.92 Å². The zero-order valence-corrected chi connectivity index (χ0v) is 15.8. The number of hydrogen-bond donors (Lipinski definition) is 1. The van der Waals surface area contributed by atoms with Gasteiger partial charge in [-0.2, -0.15) is 0 Å². The molecule has 2 N–H and O–H groups in total. The first kappa shape index (κ1) is 17.9. The number of carbonyl (C=O) groups excluding carboxylic acids is 1. The van der Waals surface area contributed by atoms with Gasteiger partial charge in [-0.15, -0.1) is 0 Å². The SMILES string of the molecule is CC(C)(C)OC(=O)N1CCC(c2ccc(N3CCCC3)c(N)c2)CC1. The minimum atomic E-state index is -0.437. The number of nitrogens with zero attached hydrogens (tertiary/aromatic N) is 2. The third-order valence-corrected chi connectivity index (χ3v) is 5.12. The third-order valence-electron chi connectivity index (χ3n) is 5.12. The molecule has 3 rings (SSSR count). The largest absolute Gasteiger partial charge is 0.444 e. The van der Waals surface area contributed by atoms with Crippen molar-refractivity contribution in [1.29, 1.82) is 0 Å². The van der Waals surface area contributed by atoms with Gasteiger partial charge in [0.05, 0.1) is 11.4 Å². The Morgan fingerprint density at radius 3 is 2.32 bits per heavy atom. The summed E-state index contributed by atoms with van der Waals surface area (Å²) in [4.78, 5) is 16.4. The first-order chi connectivity index (χ1) is 11.8. The van der Waals surface area contributed by atoms with Crippen molar-refractivity contribution in [2.45, 2.75) is 58.0 Å². The van der Waals surface area contributed by atoms with E-state index in [2.05, 4.69) is 23.1 Å². The van der Waals surface area contributed by atoms with Gasteiger partial charge in [0, 0.05) is 26.2 Å². The topological polar surface area (TPSA) is 58.8 Å². The molecule has 2 aliphatic rings. The van der Waals surface area contributed by atoms with E-state index in [-0.39, 0.29) is 6.09 Å². The maximum atomic E-state index is 12.2. The molecule has 1 aromatic rings. The molecule has 25 heavy (non-hydrogen) atoms. The molecule has 0 unspecified atom stereocenters. The second kappa shape index (κ2) is 7.14. The number of likely N-dealkylation sites (tertiary alicyclic amines) is 1. The van der Waals surface area contributed by atoms with Gasteiger partial charge in [0.1, 0.15) is 5.60 Å². The molecule has 0 aromatic heterocycles. The Bertz CT molecular complexity index is 610. The van der Waals surface area contributed by atoms with Crippen molar-refractivity contribution in [1.82, 2.24) is 4.90 Å². The molecule has 0 spiro atoms. The lowest BCUT2D eigenvalue weighted by atomic mass is 9.89. The quantitative estimate of drug-likeness (QED) is 0.824. The number of benzene rings is 1. The van der Waals surface area contributed by atoms with Gasteiger partial charge in [0.2, 0.25) is 0 Å². The summed E-state index contributed by atoms with van der Waals surface area (Å²) in [6.45, 7) is 9.42. The number of nitrogens with two attached hydrogens (primary N) is 1. The third kappa shape index (κ3) is 4.39. The van der Waals surface area contributed by atoms with Gasteiger partial charge in [-0.3, -0.25) is 0 Å². The van der Waals surface area contributed by atoms with Crippen LogP contribution in [0.3, 0.4) is 0 Å². The fourth-order valence-electron chi connectivity index (χ4n) is 3.79. The predicted octanol–water partition coefficient (Wildman–Crippen LogP) is 3.98. The van der Waals surface area contributed by atoms with Gasteiger partial charge >= 0.3 is 6.09 Å². The number of amides is 1. The molecule has 138 valence electrons. The summed E-state index contributed by atoms with van der Waals surface area (Å²) in [6.07, 6.45) is 4.23. The van der Waals surface area contributed by atoms with Crippen LogP contribution in [0.15, 0.2) is 18.2 Å². The van der Waals surface area contributed by atoms with Crippen LogP contribution in [0.5, 0.6) is 0 Å². The normalized spacial score (nSPS) is 19.3. The second-order valence-corrected chi connectivity index (χ2v) is 8.25. The minimum absolute atomic E-state index is 0.199. The number of carbonyl (C=O) groups is 1. The molecule has 1 amide bonds. The zero-order valence-electron chi connectivity index (χ0n) is 15.8. The standard InChI is InChI=1S/C20H31N3O2/c1-20(2,3)25-19(24)23-12-8-15(9-13-23)16-6-7-18(17(21)14-16)22-10-4-5-11-22/h6-7,14-15H,4-5,8-13,21H2,1-3H3. The summed E-state index contributed by atoms with van der Waals surface area (Å²) in [6, 6.07) is 6.54. The lowest BCUT2D eigenvalue weighted by Gasteiger charge is -2.34. The highest BCUT2D eigenvalue weighted by Gasteiger charge is 2.28. The van der Waals surface area contributed by atoms with E-state index in [0.717, 1.165) is 44.7 Å². The molecule has 0 bridgehead atoms. The number of hydrogen-bond acceptors (Lipinski definition) is 4. The summed E-state index contributed by atoms with van der Waals surface area (Å²) in [7, 11) is 0. The Balaban J connectivity index is 1.59. The molecule has 2 saturated heterocycles. The summed E-state index contributed by atoms with van der Waals surface area (Å²) >= 11 is 0. The Morgan fingerprint density at radius 1 is 1.12 bits per heavy atom. The molecule has 1 aromatic carbocycles. The lowest BCUT2D eigenvalue weighted by molar-refractivity contribution is 0.0205.